The molecular formula is C19H25N3O2. The van der Waals surface area contributed by atoms with E-state index in [1.54, 1.807) is 7.11 Å². The molecule has 1 aliphatic heterocycles. The van der Waals surface area contributed by atoms with Gasteiger partial charge in [-0.1, -0.05) is 30.3 Å². The van der Waals surface area contributed by atoms with Gasteiger partial charge in [0.25, 0.3) is 0 Å². The Bertz CT molecular complexity index is 732. The van der Waals surface area contributed by atoms with E-state index < -0.39 is 0 Å². The molecule has 5 heteroatoms. The number of primary amides is 1. The van der Waals surface area contributed by atoms with Crippen LogP contribution in [0.4, 0.5) is 0 Å². The molecule has 0 aromatic heterocycles. The van der Waals surface area contributed by atoms with Crippen LogP contribution in [0, 0.1) is 5.92 Å². The average Bonchev–Trinajstić information content (AvgIpc) is 2.77. The highest BCUT2D eigenvalue weighted by molar-refractivity contribution is 5.91. The number of ether oxygens (including phenoxy) is 1. The van der Waals surface area contributed by atoms with Gasteiger partial charge in [-0.2, -0.15) is 0 Å². The van der Waals surface area contributed by atoms with Crippen LogP contribution in [0.3, 0.4) is 0 Å². The molecule has 2 aromatic carbocycles. The number of methoxy groups -OCH3 is 1. The number of carbonyl (C=O) groups is 1. The molecule has 1 fully saturated rings. The Hall–Kier alpha value is -2.11. The highest BCUT2D eigenvalue weighted by Gasteiger charge is 2.25. The lowest BCUT2D eigenvalue weighted by Gasteiger charge is -2.23. The molecule has 0 aliphatic carbocycles. The first-order chi connectivity index (χ1) is 11.6. The van der Waals surface area contributed by atoms with Crippen LogP contribution in [0.25, 0.3) is 10.8 Å². The summed E-state index contributed by atoms with van der Waals surface area (Å²) in [4.78, 5) is 16.2. The zero-order chi connectivity index (χ0) is 17.1. The smallest absolute Gasteiger partial charge is 0.223 e. The SMILES string of the molecule is COc1ccc(CN2CCN(C)C[C@@H](C(N)=O)C2)c2ccccc12. The Morgan fingerprint density at radius 3 is 2.62 bits per heavy atom. The van der Waals surface area contributed by atoms with Gasteiger partial charge >= 0.3 is 0 Å². The van der Waals surface area contributed by atoms with Crippen molar-refractivity contribution in [3.8, 4) is 5.75 Å². The largest absolute Gasteiger partial charge is 0.496 e. The van der Waals surface area contributed by atoms with Gasteiger partial charge in [0.05, 0.1) is 13.0 Å². The molecule has 1 atom stereocenters. The topological polar surface area (TPSA) is 58.8 Å². The van der Waals surface area contributed by atoms with Gasteiger partial charge in [-0.15, -0.1) is 0 Å². The molecule has 5 nitrogen and oxygen atoms in total. The van der Waals surface area contributed by atoms with E-state index in [1.807, 2.05) is 25.2 Å². The second-order valence-corrected chi connectivity index (χ2v) is 6.57. The minimum absolute atomic E-state index is 0.123. The molecule has 1 heterocycles. The van der Waals surface area contributed by atoms with Crippen LogP contribution >= 0.6 is 0 Å². The molecule has 1 aliphatic rings. The lowest BCUT2D eigenvalue weighted by Crippen LogP contribution is -2.37. The molecule has 2 N–H and O–H groups in total. The average molecular weight is 327 g/mol. The highest BCUT2D eigenvalue weighted by atomic mass is 16.5. The van der Waals surface area contributed by atoms with Gasteiger partial charge in [0.2, 0.25) is 5.91 Å². The molecule has 1 amide bonds. The number of hydrogen-bond acceptors (Lipinski definition) is 4. The lowest BCUT2D eigenvalue weighted by atomic mass is 10.0. The summed E-state index contributed by atoms with van der Waals surface area (Å²) in [5.74, 6) is 0.551. The fourth-order valence-electron chi connectivity index (χ4n) is 3.45. The fourth-order valence-corrected chi connectivity index (χ4v) is 3.45. The zero-order valence-corrected chi connectivity index (χ0v) is 14.4. The first-order valence-corrected chi connectivity index (χ1v) is 8.33. The van der Waals surface area contributed by atoms with E-state index >= 15 is 0 Å². The standard InChI is InChI=1S/C19H25N3O2/c1-21-9-10-22(13-15(11-21)19(20)23)12-14-7-8-18(24-2)17-6-4-3-5-16(14)17/h3-8,15H,9-13H2,1-2H3,(H2,20,23)/t15-/m1/s1. The summed E-state index contributed by atoms with van der Waals surface area (Å²) in [6.07, 6.45) is 0. The van der Waals surface area contributed by atoms with Crippen molar-refractivity contribution >= 4 is 16.7 Å². The van der Waals surface area contributed by atoms with E-state index in [0.29, 0.717) is 6.54 Å². The van der Waals surface area contributed by atoms with E-state index in [1.165, 1.54) is 10.9 Å². The minimum atomic E-state index is -0.215. The molecule has 0 spiro atoms. The van der Waals surface area contributed by atoms with Crippen molar-refractivity contribution in [2.24, 2.45) is 11.7 Å². The van der Waals surface area contributed by atoms with Crippen molar-refractivity contribution in [2.45, 2.75) is 6.54 Å². The Balaban J connectivity index is 1.87. The number of rotatable bonds is 4. The van der Waals surface area contributed by atoms with Crippen LogP contribution in [0.15, 0.2) is 36.4 Å². The first kappa shape index (κ1) is 16.7. The van der Waals surface area contributed by atoms with Crippen LogP contribution in [0.5, 0.6) is 5.75 Å². The summed E-state index contributed by atoms with van der Waals surface area (Å²) < 4.78 is 5.47. The predicted molar refractivity (Wildman–Crippen MR) is 96.0 cm³/mol. The molecule has 24 heavy (non-hydrogen) atoms. The number of fused-ring (bicyclic) bond motifs is 1. The fraction of sp³-hybridized carbons (Fsp3) is 0.421. The zero-order valence-electron chi connectivity index (χ0n) is 14.4. The van der Waals surface area contributed by atoms with E-state index in [0.717, 1.165) is 37.3 Å². The number of benzene rings is 2. The summed E-state index contributed by atoms with van der Waals surface area (Å²) in [7, 11) is 3.74. The molecule has 2 aromatic rings. The molecule has 3 rings (SSSR count). The van der Waals surface area contributed by atoms with Crippen molar-refractivity contribution in [3.05, 3.63) is 42.0 Å². The second-order valence-electron chi connectivity index (χ2n) is 6.57. The number of hydrogen-bond donors (Lipinski definition) is 1. The van der Waals surface area contributed by atoms with Crippen LogP contribution in [0.2, 0.25) is 0 Å². The Kier molecular flexibility index (Phi) is 5.02. The Morgan fingerprint density at radius 2 is 1.92 bits per heavy atom. The number of likely N-dealkylation sites (N-methyl/N-ethyl adjacent to an activating group) is 1. The maximum Gasteiger partial charge on any atom is 0.223 e. The summed E-state index contributed by atoms with van der Waals surface area (Å²) in [5, 5.41) is 2.32. The van der Waals surface area contributed by atoms with Gasteiger partial charge in [0, 0.05) is 38.1 Å². The highest BCUT2D eigenvalue weighted by Crippen LogP contribution is 2.29. The van der Waals surface area contributed by atoms with Gasteiger partial charge in [-0.05, 0) is 24.1 Å². The molecule has 128 valence electrons. The maximum atomic E-state index is 11.7. The quantitative estimate of drug-likeness (QED) is 0.928. The third kappa shape index (κ3) is 3.52. The number of amides is 1. The summed E-state index contributed by atoms with van der Waals surface area (Å²) in [6, 6.07) is 12.4. The van der Waals surface area contributed by atoms with Gasteiger partial charge in [0.15, 0.2) is 0 Å². The lowest BCUT2D eigenvalue weighted by molar-refractivity contribution is -0.122. The van der Waals surface area contributed by atoms with E-state index in [4.69, 9.17) is 10.5 Å². The molecule has 1 saturated heterocycles. The second kappa shape index (κ2) is 7.20. The summed E-state index contributed by atoms with van der Waals surface area (Å²) in [5.41, 5.74) is 6.82. The van der Waals surface area contributed by atoms with Crippen LogP contribution in [-0.4, -0.2) is 56.0 Å². The van der Waals surface area contributed by atoms with Crippen LogP contribution < -0.4 is 10.5 Å². The van der Waals surface area contributed by atoms with E-state index in [-0.39, 0.29) is 11.8 Å². The molecule has 0 bridgehead atoms. The number of carbonyl (C=O) groups excluding carboxylic acids is 1. The molecule has 0 saturated carbocycles. The molecule has 0 radical (unpaired) electrons. The van der Waals surface area contributed by atoms with Crippen molar-refractivity contribution in [2.75, 3.05) is 40.3 Å². The monoisotopic (exact) mass is 327 g/mol. The predicted octanol–water partition coefficient (Wildman–Crippen LogP) is 1.70. The third-order valence-electron chi connectivity index (χ3n) is 4.80. The third-order valence-corrected chi connectivity index (χ3v) is 4.80. The Morgan fingerprint density at radius 1 is 1.17 bits per heavy atom. The summed E-state index contributed by atoms with van der Waals surface area (Å²) in [6.45, 7) is 4.12. The van der Waals surface area contributed by atoms with E-state index in [2.05, 4.69) is 28.0 Å². The normalized spacial score (nSPS) is 20.0. The van der Waals surface area contributed by atoms with Crippen LogP contribution in [0.1, 0.15) is 5.56 Å². The van der Waals surface area contributed by atoms with Gasteiger partial charge in [-0.25, -0.2) is 0 Å². The summed E-state index contributed by atoms with van der Waals surface area (Å²) >= 11 is 0. The molecular weight excluding hydrogens is 302 g/mol. The number of nitrogens with zero attached hydrogens (tertiary/aromatic N) is 2. The van der Waals surface area contributed by atoms with E-state index in [9.17, 15) is 4.79 Å². The van der Waals surface area contributed by atoms with Crippen molar-refractivity contribution in [1.29, 1.82) is 0 Å². The molecule has 0 unspecified atom stereocenters. The first-order valence-electron chi connectivity index (χ1n) is 8.33. The minimum Gasteiger partial charge on any atom is -0.496 e. The van der Waals surface area contributed by atoms with Crippen molar-refractivity contribution in [1.82, 2.24) is 9.80 Å². The van der Waals surface area contributed by atoms with Gasteiger partial charge in [-0.3, -0.25) is 9.69 Å². The maximum absolute atomic E-state index is 11.7. The Labute approximate surface area is 143 Å². The van der Waals surface area contributed by atoms with Gasteiger partial charge < -0.3 is 15.4 Å². The van der Waals surface area contributed by atoms with Gasteiger partial charge in [0.1, 0.15) is 5.75 Å². The number of nitrogens with two attached hydrogens (primary N) is 1. The van der Waals surface area contributed by atoms with Crippen molar-refractivity contribution < 1.29 is 9.53 Å². The van der Waals surface area contributed by atoms with Crippen molar-refractivity contribution in [3.63, 3.8) is 0 Å². The van der Waals surface area contributed by atoms with Crippen LogP contribution in [-0.2, 0) is 11.3 Å².